The van der Waals surface area contributed by atoms with Crippen LogP contribution in [0.2, 0.25) is 0 Å². The minimum atomic E-state index is -0.996. The minimum absolute atomic E-state index is 0.333. The van der Waals surface area contributed by atoms with E-state index in [1.165, 1.54) is 44.1 Å². The van der Waals surface area contributed by atoms with E-state index in [0.717, 1.165) is 48.0 Å². The Balaban J connectivity index is 1.85. The van der Waals surface area contributed by atoms with Crippen LogP contribution in [0.5, 0.6) is 0 Å². The number of hydrogen-bond acceptors (Lipinski definition) is 5. The first-order valence-corrected chi connectivity index (χ1v) is 16.6. The third-order valence-electron chi connectivity index (χ3n) is 7.57. The van der Waals surface area contributed by atoms with Crippen molar-refractivity contribution in [1.29, 1.82) is 0 Å². The second kappa shape index (κ2) is 16.2. The van der Waals surface area contributed by atoms with E-state index in [0.29, 0.717) is 17.7 Å². The molecule has 2 aromatic rings. The molecule has 1 aliphatic rings. The number of rotatable bonds is 15. The fourth-order valence-electron chi connectivity index (χ4n) is 5.30. The van der Waals surface area contributed by atoms with Gasteiger partial charge in [0.1, 0.15) is 6.04 Å². The number of amides is 1. The Hall–Kier alpha value is -1.96. The van der Waals surface area contributed by atoms with Gasteiger partial charge in [0.2, 0.25) is 0 Å². The Morgan fingerprint density at radius 3 is 2.42 bits per heavy atom. The molecule has 0 aliphatic heterocycles. The van der Waals surface area contributed by atoms with E-state index in [1.54, 1.807) is 11.8 Å². The van der Waals surface area contributed by atoms with Gasteiger partial charge in [0, 0.05) is 24.4 Å². The number of nitrogens with zero attached hydrogens (tertiary/aromatic N) is 1. The van der Waals surface area contributed by atoms with Crippen molar-refractivity contribution in [2.45, 2.75) is 64.5 Å². The lowest BCUT2D eigenvalue weighted by atomic mass is 9.87. The van der Waals surface area contributed by atoms with Gasteiger partial charge in [-0.15, -0.1) is 0 Å². The fourth-order valence-corrected chi connectivity index (χ4v) is 6.22. The lowest BCUT2D eigenvalue weighted by Crippen LogP contribution is -2.41. The molecule has 3 rings (SSSR count). The second-order valence-electron chi connectivity index (χ2n) is 10.4. The van der Waals surface area contributed by atoms with Crippen LogP contribution >= 0.6 is 23.5 Å². The summed E-state index contributed by atoms with van der Waals surface area (Å²) in [5.41, 5.74) is 4.67. The molecule has 0 spiro atoms. The molecule has 1 amide bonds. The lowest BCUT2D eigenvalue weighted by molar-refractivity contribution is -0.139. The van der Waals surface area contributed by atoms with Crippen molar-refractivity contribution in [2.24, 2.45) is 5.92 Å². The zero-order valence-corrected chi connectivity index (χ0v) is 24.8. The third-order valence-corrected chi connectivity index (χ3v) is 8.81. The monoisotopic (exact) mass is 556 g/mol. The normalized spacial score (nSPS) is 14.9. The van der Waals surface area contributed by atoms with Crippen molar-refractivity contribution in [1.82, 2.24) is 10.2 Å². The zero-order chi connectivity index (χ0) is 27.3. The first-order valence-electron chi connectivity index (χ1n) is 13.9. The molecule has 2 aromatic carbocycles. The lowest BCUT2D eigenvalue weighted by Gasteiger charge is -2.27. The summed E-state index contributed by atoms with van der Waals surface area (Å²) in [5, 5.41) is 12.4. The maximum atomic E-state index is 13.4. The molecule has 7 heteroatoms. The van der Waals surface area contributed by atoms with Gasteiger partial charge in [-0.3, -0.25) is 9.69 Å². The minimum Gasteiger partial charge on any atom is -0.480 e. The summed E-state index contributed by atoms with van der Waals surface area (Å²) in [6.07, 6.45) is 12.6. The summed E-state index contributed by atoms with van der Waals surface area (Å²) in [6, 6.07) is 13.3. The van der Waals surface area contributed by atoms with Crippen molar-refractivity contribution < 1.29 is 14.7 Å². The Kier molecular flexibility index (Phi) is 13.0. The Bertz CT molecular complexity index is 1040. The number of thioether (sulfide) groups is 2. The summed E-state index contributed by atoms with van der Waals surface area (Å²) < 4.78 is 0. The molecule has 1 aliphatic carbocycles. The van der Waals surface area contributed by atoms with Gasteiger partial charge in [-0.25, -0.2) is 4.79 Å². The zero-order valence-electron chi connectivity index (χ0n) is 23.2. The summed E-state index contributed by atoms with van der Waals surface area (Å²) in [6.45, 7) is 5.05. The van der Waals surface area contributed by atoms with Gasteiger partial charge in [-0.1, -0.05) is 62.4 Å². The van der Waals surface area contributed by atoms with Crippen LogP contribution in [0.3, 0.4) is 0 Å². The first-order chi connectivity index (χ1) is 18.4. The maximum Gasteiger partial charge on any atom is 0.326 e. The second-order valence-corrected chi connectivity index (χ2v) is 12.4. The third kappa shape index (κ3) is 9.35. The highest BCUT2D eigenvalue weighted by molar-refractivity contribution is 7.98. The van der Waals surface area contributed by atoms with Crippen molar-refractivity contribution in [3.63, 3.8) is 0 Å². The molecule has 0 radical (unpaired) electrons. The van der Waals surface area contributed by atoms with Crippen LogP contribution in [-0.4, -0.2) is 65.0 Å². The summed E-state index contributed by atoms with van der Waals surface area (Å²) in [4.78, 5) is 27.7. The van der Waals surface area contributed by atoms with E-state index in [2.05, 4.69) is 35.5 Å². The highest BCUT2D eigenvalue weighted by Gasteiger charge is 2.23. The fraction of sp³-hybridized carbons (Fsp3) is 0.548. The summed E-state index contributed by atoms with van der Waals surface area (Å²) in [5.74, 6) is 1.29. The van der Waals surface area contributed by atoms with Crippen LogP contribution in [0.15, 0.2) is 42.5 Å². The van der Waals surface area contributed by atoms with Crippen LogP contribution in [0.25, 0.3) is 11.1 Å². The van der Waals surface area contributed by atoms with E-state index in [1.807, 2.05) is 48.3 Å². The van der Waals surface area contributed by atoms with Crippen molar-refractivity contribution in [2.75, 3.05) is 37.1 Å². The highest BCUT2D eigenvalue weighted by Crippen LogP contribution is 2.30. The molecule has 1 atom stereocenters. The smallest absolute Gasteiger partial charge is 0.326 e. The predicted octanol–water partition coefficient (Wildman–Crippen LogP) is 6.73. The van der Waals surface area contributed by atoms with Gasteiger partial charge in [-0.05, 0) is 84.9 Å². The first kappa shape index (κ1) is 30.6. The molecule has 0 heterocycles. The molecule has 0 aromatic heterocycles. The molecule has 1 fully saturated rings. The average molecular weight is 557 g/mol. The summed E-state index contributed by atoms with van der Waals surface area (Å²) in [7, 11) is 0. The molecule has 0 saturated heterocycles. The number of aryl methyl sites for hydroxylation is 1. The number of carbonyl (C=O) groups excluding carboxylic acids is 1. The van der Waals surface area contributed by atoms with E-state index in [-0.39, 0.29) is 5.91 Å². The van der Waals surface area contributed by atoms with Gasteiger partial charge in [-0.2, -0.15) is 23.5 Å². The Morgan fingerprint density at radius 2 is 1.74 bits per heavy atom. The molecular formula is C31H44N2O3S2. The quantitative estimate of drug-likeness (QED) is 0.253. The van der Waals surface area contributed by atoms with Gasteiger partial charge in [0.15, 0.2) is 0 Å². The maximum absolute atomic E-state index is 13.4. The largest absolute Gasteiger partial charge is 0.480 e. The topological polar surface area (TPSA) is 69.6 Å². The van der Waals surface area contributed by atoms with Gasteiger partial charge >= 0.3 is 5.97 Å². The van der Waals surface area contributed by atoms with Crippen LogP contribution < -0.4 is 5.32 Å². The average Bonchev–Trinajstić information content (AvgIpc) is 2.93. The van der Waals surface area contributed by atoms with Crippen LogP contribution in [0.1, 0.15) is 66.4 Å². The number of carbonyl (C=O) groups is 2. The predicted molar refractivity (Wildman–Crippen MR) is 163 cm³/mol. The van der Waals surface area contributed by atoms with E-state index >= 15 is 0 Å². The molecule has 5 nitrogen and oxygen atoms in total. The van der Waals surface area contributed by atoms with E-state index in [9.17, 15) is 14.7 Å². The van der Waals surface area contributed by atoms with Gasteiger partial charge < -0.3 is 10.4 Å². The molecule has 0 bridgehead atoms. The molecule has 1 saturated carbocycles. The number of carboxylic acids is 1. The van der Waals surface area contributed by atoms with Crippen LogP contribution in [-0.2, 0) is 11.3 Å². The van der Waals surface area contributed by atoms with Crippen molar-refractivity contribution in [3.05, 3.63) is 59.2 Å². The van der Waals surface area contributed by atoms with Gasteiger partial charge in [0.25, 0.3) is 5.91 Å². The van der Waals surface area contributed by atoms with Crippen LogP contribution in [0.4, 0.5) is 0 Å². The highest BCUT2D eigenvalue weighted by atomic mass is 32.2. The van der Waals surface area contributed by atoms with E-state index in [4.69, 9.17) is 0 Å². The SMILES string of the molecule is CSCC[C@H](NC(=O)c1ccc(CN(CCSC)CCC2CCCCC2)cc1-c1ccccc1C)C(=O)O. The van der Waals surface area contributed by atoms with Gasteiger partial charge in [0.05, 0.1) is 0 Å². The molecular weight excluding hydrogens is 512 g/mol. The number of benzene rings is 2. The Labute approximate surface area is 237 Å². The van der Waals surface area contributed by atoms with E-state index < -0.39 is 12.0 Å². The van der Waals surface area contributed by atoms with Crippen LogP contribution in [0, 0.1) is 12.8 Å². The molecule has 2 N–H and O–H groups in total. The summed E-state index contributed by atoms with van der Waals surface area (Å²) >= 11 is 3.46. The van der Waals surface area contributed by atoms with Crippen molar-refractivity contribution >= 4 is 35.4 Å². The number of carboxylic acid groups (broad SMARTS) is 1. The number of hydrogen-bond donors (Lipinski definition) is 2. The van der Waals surface area contributed by atoms with Crippen molar-refractivity contribution in [3.8, 4) is 11.1 Å². The molecule has 0 unspecified atom stereocenters. The number of nitrogens with one attached hydrogen (secondary N) is 1. The molecule has 38 heavy (non-hydrogen) atoms. The molecule has 208 valence electrons. The Morgan fingerprint density at radius 1 is 1.00 bits per heavy atom. The number of aliphatic carboxylic acids is 1. The standard InChI is InChI=1S/C31H44N2O3S2/c1-23-9-7-8-12-26(23)28-21-25(13-14-27(28)30(34)32-29(31(35)36)16-19-37-2)22-33(18-20-38-3)17-15-24-10-5-4-6-11-24/h7-9,12-14,21,24,29H,4-6,10-11,15-20,22H2,1-3H3,(H,32,34)(H,35,36)/t29-/m0/s1.